The van der Waals surface area contributed by atoms with Gasteiger partial charge < -0.3 is 15.0 Å². The molecular formula is C19H20BrN3O. The fourth-order valence-electron chi connectivity index (χ4n) is 3.15. The van der Waals surface area contributed by atoms with Gasteiger partial charge in [0.05, 0.1) is 24.0 Å². The van der Waals surface area contributed by atoms with E-state index in [4.69, 9.17) is 4.74 Å². The fraction of sp³-hybridized carbons (Fsp3) is 0.316. The number of methoxy groups -OCH3 is 1. The molecule has 2 aromatic carbocycles. The van der Waals surface area contributed by atoms with Crippen LogP contribution < -0.4 is 15.0 Å². The zero-order chi connectivity index (χ0) is 16.9. The van der Waals surface area contributed by atoms with E-state index in [-0.39, 0.29) is 0 Å². The average molecular weight is 386 g/mol. The van der Waals surface area contributed by atoms with Gasteiger partial charge in [0, 0.05) is 24.1 Å². The Hall–Kier alpha value is -2.19. The maximum absolute atomic E-state index is 9.30. The summed E-state index contributed by atoms with van der Waals surface area (Å²) in [7, 11) is 1.71. The second kappa shape index (κ2) is 7.59. The van der Waals surface area contributed by atoms with Gasteiger partial charge in [-0.05, 0) is 52.5 Å². The van der Waals surface area contributed by atoms with Crippen molar-refractivity contribution in [3.8, 4) is 11.8 Å². The van der Waals surface area contributed by atoms with Gasteiger partial charge in [0.25, 0.3) is 0 Å². The molecule has 1 fully saturated rings. The van der Waals surface area contributed by atoms with Crippen molar-refractivity contribution < 1.29 is 4.74 Å². The summed E-state index contributed by atoms with van der Waals surface area (Å²) in [5, 5.41) is 12.7. The number of hydrogen-bond donors (Lipinski definition) is 1. The maximum Gasteiger partial charge on any atom is 0.142 e. The van der Waals surface area contributed by atoms with Crippen LogP contribution in [-0.2, 0) is 0 Å². The Morgan fingerprint density at radius 3 is 2.92 bits per heavy atom. The molecule has 1 aliphatic rings. The van der Waals surface area contributed by atoms with Crippen LogP contribution in [0.3, 0.4) is 0 Å². The summed E-state index contributed by atoms with van der Waals surface area (Å²) in [5.74, 6) is 1.46. The first-order valence-corrected chi connectivity index (χ1v) is 8.82. The van der Waals surface area contributed by atoms with Gasteiger partial charge in [0.1, 0.15) is 11.8 Å². The molecule has 5 heteroatoms. The smallest absolute Gasteiger partial charge is 0.142 e. The lowest BCUT2D eigenvalue weighted by atomic mass is 10.1. The highest BCUT2D eigenvalue weighted by Gasteiger charge is 2.24. The number of benzene rings is 2. The van der Waals surface area contributed by atoms with Crippen LogP contribution in [0.5, 0.6) is 5.75 Å². The van der Waals surface area contributed by atoms with E-state index >= 15 is 0 Å². The van der Waals surface area contributed by atoms with Crippen molar-refractivity contribution in [1.29, 1.82) is 5.26 Å². The summed E-state index contributed by atoms with van der Waals surface area (Å²) < 4.78 is 6.30. The molecule has 0 aromatic heterocycles. The maximum atomic E-state index is 9.30. The van der Waals surface area contributed by atoms with Gasteiger partial charge in [-0.1, -0.05) is 18.2 Å². The second-order valence-electron chi connectivity index (χ2n) is 5.93. The van der Waals surface area contributed by atoms with Crippen molar-refractivity contribution >= 4 is 27.3 Å². The molecular weight excluding hydrogens is 366 g/mol. The first-order chi connectivity index (χ1) is 11.7. The van der Waals surface area contributed by atoms with Crippen LogP contribution >= 0.6 is 15.9 Å². The van der Waals surface area contributed by atoms with E-state index in [1.54, 1.807) is 7.11 Å². The van der Waals surface area contributed by atoms with Crippen LogP contribution in [-0.4, -0.2) is 26.7 Å². The molecule has 0 saturated carbocycles. The molecule has 24 heavy (non-hydrogen) atoms. The molecule has 124 valence electrons. The van der Waals surface area contributed by atoms with E-state index in [1.165, 1.54) is 0 Å². The van der Waals surface area contributed by atoms with E-state index in [2.05, 4.69) is 38.3 Å². The third-order valence-corrected chi connectivity index (χ3v) is 5.08. The van der Waals surface area contributed by atoms with Crippen molar-refractivity contribution in [2.24, 2.45) is 5.92 Å². The molecule has 0 spiro atoms. The van der Waals surface area contributed by atoms with Crippen LogP contribution in [0.15, 0.2) is 46.9 Å². The minimum Gasteiger partial charge on any atom is -0.495 e. The molecule has 3 rings (SSSR count). The number of nitriles is 1. The number of anilines is 2. The lowest BCUT2D eigenvalue weighted by molar-refractivity contribution is 0.414. The summed E-state index contributed by atoms with van der Waals surface area (Å²) in [6.45, 7) is 2.87. The second-order valence-corrected chi connectivity index (χ2v) is 6.78. The normalized spacial score (nSPS) is 16.7. The first kappa shape index (κ1) is 16.7. The van der Waals surface area contributed by atoms with Crippen LogP contribution in [0.4, 0.5) is 11.4 Å². The number of nitrogens with zero attached hydrogens (tertiary/aromatic N) is 2. The molecule has 0 amide bonds. The summed E-state index contributed by atoms with van der Waals surface area (Å²) >= 11 is 3.43. The quantitative estimate of drug-likeness (QED) is 0.834. The van der Waals surface area contributed by atoms with Crippen molar-refractivity contribution in [2.75, 3.05) is 37.0 Å². The number of nitrogens with one attached hydrogen (secondary N) is 1. The number of halogens is 1. The van der Waals surface area contributed by atoms with Gasteiger partial charge in [0.2, 0.25) is 0 Å². The Labute approximate surface area is 151 Å². The average Bonchev–Trinajstić information content (AvgIpc) is 3.08. The van der Waals surface area contributed by atoms with E-state index in [0.29, 0.717) is 11.5 Å². The third-order valence-electron chi connectivity index (χ3n) is 4.42. The molecule has 0 unspecified atom stereocenters. The predicted molar refractivity (Wildman–Crippen MR) is 101 cm³/mol. The van der Waals surface area contributed by atoms with Gasteiger partial charge in [-0.25, -0.2) is 0 Å². The molecule has 1 aliphatic heterocycles. The standard InChI is InChI=1S/C19H20BrN3O/c1-24-19-8-3-2-7-18(19)23-10-9-14(13-23)12-22-17-6-4-5-16(20)15(17)11-21/h2-8,14,22H,9-10,12-13H2,1H3/t14-/m1/s1. The highest BCUT2D eigenvalue weighted by Crippen LogP contribution is 2.32. The van der Waals surface area contributed by atoms with Gasteiger partial charge >= 0.3 is 0 Å². The lowest BCUT2D eigenvalue weighted by Crippen LogP contribution is -2.23. The first-order valence-electron chi connectivity index (χ1n) is 8.03. The molecule has 1 atom stereocenters. The van der Waals surface area contributed by atoms with E-state index in [0.717, 1.165) is 47.7 Å². The van der Waals surface area contributed by atoms with E-state index in [9.17, 15) is 5.26 Å². The molecule has 1 heterocycles. The minimum atomic E-state index is 0.542. The molecule has 0 bridgehead atoms. The largest absolute Gasteiger partial charge is 0.495 e. The SMILES string of the molecule is COc1ccccc1N1CC[C@H](CNc2cccc(Br)c2C#N)C1. The predicted octanol–water partition coefficient (Wildman–Crippen LogP) is 4.27. The zero-order valence-electron chi connectivity index (χ0n) is 13.6. The molecule has 4 nitrogen and oxygen atoms in total. The third kappa shape index (κ3) is 3.49. The summed E-state index contributed by atoms with van der Waals surface area (Å²) in [4.78, 5) is 2.37. The van der Waals surface area contributed by atoms with Crippen molar-refractivity contribution in [3.05, 3.63) is 52.5 Å². The lowest BCUT2D eigenvalue weighted by Gasteiger charge is -2.21. The summed E-state index contributed by atoms with van der Waals surface area (Å²) in [6, 6.07) is 16.2. The van der Waals surface area contributed by atoms with Crippen molar-refractivity contribution in [1.82, 2.24) is 0 Å². The van der Waals surface area contributed by atoms with Crippen LogP contribution in [0, 0.1) is 17.2 Å². The monoisotopic (exact) mass is 385 g/mol. The Morgan fingerprint density at radius 1 is 1.29 bits per heavy atom. The van der Waals surface area contributed by atoms with Crippen LogP contribution in [0.2, 0.25) is 0 Å². The molecule has 0 radical (unpaired) electrons. The van der Waals surface area contributed by atoms with Gasteiger partial charge in [-0.15, -0.1) is 0 Å². The Kier molecular flexibility index (Phi) is 5.27. The highest BCUT2D eigenvalue weighted by atomic mass is 79.9. The topological polar surface area (TPSA) is 48.3 Å². The van der Waals surface area contributed by atoms with Crippen LogP contribution in [0.1, 0.15) is 12.0 Å². The molecule has 2 aromatic rings. The number of rotatable bonds is 5. The van der Waals surface area contributed by atoms with Gasteiger partial charge in [-0.3, -0.25) is 0 Å². The fourth-order valence-corrected chi connectivity index (χ4v) is 3.60. The minimum absolute atomic E-state index is 0.542. The van der Waals surface area contributed by atoms with Gasteiger partial charge in [0.15, 0.2) is 0 Å². The summed E-state index contributed by atoms with van der Waals surface area (Å²) in [5.41, 5.74) is 2.71. The van der Waals surface area contributed by atoms with Crippen molar-refractivity contribution in [3.63, 3.8) is 0 Å². The Bertz CT molecular complexity index is 757. The highest BCUT2D eigenvalue weighted by molar-refractivity contribution is 9.10. The molecule has 0 aliphatic carbocycles. The van der Waals surface area contributed by atoms with Crippen LogP contribution in [0.25, 0.3) is 0 Å². The Morgan fingerprint density at radius 2 is 2.12 bits per heavy atom. The zero-order valence-corrected chi connectivity index (χ0v) is 15.2. The van der Waals surface area contributed by atoms with Crippen molar-refractivity contribution in [2.45, 2.75) is 6.42 Å². The van der Waals surface area contributed by atoms with E-state index in [1.807, 2.05) is 36.4 Å². The number of ether oxygens (including phenoxy) is 1. The Balaban J connectivity index is 1.63. The van der Waals surface area contributed by atoms with Gasteiger partial charge in [-0.2, -0.15) is 5.26 Å². The molecule has 1 N–H and O–H groups in total. The summed E-state index contributed by atoms with van der Waals surface area (Å²) in [6.07, 6.45) is 1.13. The van der Waals surface area contributed by atoms with E-state index < -0.39 is 0 Å². The molecule has 1 saturated heterocycles. The number of para-hydroxylation sites is 2. The number of hydrogen-bond acceptors (Lipinski definition) is 4.